The monoisotopic (exact) mass is 430 g/mol. The Balaban J connectivity index is 1.72. The molecule has 0 bridgehead atoms. The molecule has 0 spiro atoms. The molecule has 0 saturated carbocycles. The average molecular weight is 430 g/mol. The molecule has 1 fully saturated rings. The lowest BCUT2D eigenvalue weighted by atomic mass is 10.1. The number of amides is 3. The summed E-state index contributed by atoms with van der Waals surface area (Å²) in [5, 5.41) is 7.84. The van der Waals surface area contributed by atoms with E-state index in [2.05, 4.69) is 16.0 Å². The highest BCUT2D eigenvalue weighted by molar-refractivity contribution is 7.89. The van der Waals surface area contributed by atoms with Crippen molar-refractivity contribution in [3.8, 4) is 0 Å². The molecule has 9 nitrogen and oxygen atoms in total. The van der Waals surface area contributed by atoms with Crippen LogP contribution in [0.25, 0.3) is 0 Å². The first kappa shape index (κ1) is 21.5. The highest BCUT2D eigenvalue weighted by Gasteiger charge is 2.29. The highest BCUT2D eigenvalue weighted by atomic mass is 32.2. The van der Waals surface area contributed by atoms with E-state index in [0.29, 0.717) is 5.56 Å². The predicted molar refractivity (Wildman–Crippen MR) is 109 cm³/mol. The largest absolute Gasteiger partial charge is 0.355 e. The molecule has 2 aromatic rings. The van der Waals surface area contributed by atoms with Gasteiger partial charge in [0.1, 0.15) is 0 Å². The molecule has 0 aliphatic carbocycles. The Bertz CT molecular complexity index is 1080. The lowest BCUT2D eigenvalue weighted by Crippen LogP contribution is -2.49. The van der Waals surface area contributed by atoms with E-state index in [4.69, 9.17) is 0 Å². The summed E-state index contributed by atoms with van der Waals surface area (Å²) in [5.41, 5.74) is 1.38. The van der Waals surface area contributed by atoms with Gasteiger partial charge in [0.2, 0.25) is 15.9 Å². The predicted octanol–water partition coefficient (Wildman–Crippen LogP) is 0.0967. The highest BCUT2D eigenvalue weighted by Crippen LogP contribution is 2.18. The zero-order valence-corrected chi connectivity index (χ0v) is 17.2. The van der Waals surface area contributed by atoms with Crippen LogP contribution in [0.4, 0.5) is 0 Å². The van der Waals surface area contributed by atoms with E-state index in [0.717, 1.165) is 9.87 Å². The molecule has 10 heteroatoms. The van der Waals surface area contributed by atoms with Crippen molar-refractivity contribution in [2.24, 2.45) is 0 Å². The van der Waals surface area contributed by atoms with E-state index in [1.807, 2.05) is 0 Å². The molecule has 1 saturated heterocycles. The van der Waals surface area contributed by atoms with Crippen LogP contribution < -0.4 is 16.0 Å². The average Bonchev–Trinajstić information content (AvgIpc) is 2.77. The zero-order valence-electron chi connectivity index (χ0n) is 16.3. The van der Waals surface area contributed by atoms with Crippen LogP contribution in [0.3, 0.4) is 0 Å². The summed E-state index contributed by atoms with van der Waals surface area (Å²) < 4.78 is 26.7. The SMILES string of the molecule is CNC(=O)c1cccc(CNC(=O)c2cccc(S(=O)(=O)N3CCNC(=O)C3)c2)c1. The Kier molecular flexibility index (Phi) is 6.48. The second-order valence-electron chi connectivity index (χ2n) is 6.68. The summed E-state index contributed by atoms with van der Waals surface area (Å²) in [7, 11) is -2.35. The van der Waals surface area contributed by atoms with Gasteiger partial charge in [-0.2, -0.15) is 4.31 Å². The standard InChI is InChI=1S/C20H22N4O5S/c1-21-19(26)15-5-2-4-14(10-15)12-23-20(27)16-6-3-7-17(11-16)30(28,29)24-9-8-22-18(25)13-24/h2-7,10-11H,8-9,12-13H2,1H3,(H,21,26)(H,22,25)(H,23,27). The van der Waals surface area contributed by atoms with Crippen LogP contribution in [-0.4, -0.2) is 57.1 Å². The molecule has 30 heavy (non-hydrogen) atoms. The van der Waals surface area contributed by atoms with E-state index < -0.39 is 15.9 Å². The van der Waals surface area contributed by atoms with Crippen LogP contribution in [0, 0.1) is 0 Å². The number of carbonyl (C=O) groups excluding carboxylic acids is 3. The third-order valence-corrected chi connectivity index (χ3v) is 6.45. The molecular formula is C20H22N4O5S. The molecular weight excluding hydrogens is 408 g/mol. The van der Waals surface area contributed by atoms with Crippen molar-refractivity contribution in [2.45, 2.75) is 11.4 Å². The summed E-state index contributed by atoms with van der Waals surface area (Å²) >= 11 is 0. The maximum Gasteiger partial charge on any atom is 0.251 e. The second kappa shape index (κ2) is 9.06. The smallest absolute Gasteiger partial charge is 0.251 e. The van der Waals surface area contributed by atoms with Crippen molar-refractivity contribution in [3.63, 3.8) is 0 Å². The Morgan fingerprint density at radius 3 is 2.47 bits per heavy atom. The number of nitrogens with one attached hydrogen (secondary N) is 3. The van der Waals surface area contributed by atoms with Crippen LogP contribution in [0.1, 0.15) is 26.3 Å². The number of rotatable bonds is 6. The lowest BCUT2D eigenvalue weighted by molar-refractivity contribution is -0.122. The van der Waals surface area contributed by atoms with Gasteiger partial charge in [-0.3, -0.25) is 14.4 Å². The van der Waals surface area contributed by atoms with Crippen molar-refractivity contribution < 1.29 is 22.8 Å². The fourth-order valence-corrected chi connectivity index (χ4v) is 4.46. The third-order valence-electron chi connectivity index (χ3n) is 4.61. The summed E-state index contributed by atoms with van der Waals surface area (Å²) in [4.78, 5) is 35.7. The minimum Gasteiger partial charge on any atom is -0.355 e. The minimum atomic E-state index is -3.89. The molecule has 158 valence electrons. The zero-order chi connectivity index (χ0) is 21.7. The fourth-order valence-electron chi connectivity index (χ4n) is 3.02. The lowest BCUT2D eigenvalue weighted by Gasteiger charge is -2.26. The maximum atomic E-state index is 12.8. The summed E-state index contributed by atoms with van der Waals surface area (Å²) in [6.45, 7) is 0.340. The molecule has 3 amide bonds. The Hall–Kier alpha value is -3.24. The summed E-state index contributed by atoms with van der Waals surface area (Å²) in [6, 6.07) is 12.5. The summed E-state index contributed by atoms with van der Waals surface area (Å²) in [6.07, 6.45) is 0. The topological polar surface area (TPSA) is 125 Å². The van der Waals surface area contributed by atoms with Crippen LogP contribution in [0.2, 0.25) is 0 Å². The molecule has 2 aromatic carbocycles. The third kappa shape index (κ3) is 4.84. The number of hydrogen-bond acceptors (Lipinski definition) is 5. The number of hydrogen-bond donors (Lipinski definition) is 3. The first-order valence-corrected chi connectivity index (χ1v) is 10.7. The van der Waals surface area contributed by atoms with Gasteiger partial charge in [0.25, 0.3) is 11.8 Å². The quantitative estimate of drug-likeness (QED) is 0.599. The second-order valence-corrected chi connectivity index (χ2v) is 8.62. The fraction of sp³-hybridized carbons (Fsp3) is 0.250. The number of benzene rings is 2. The summed E-state index contributed by atoms with van der Waals surface area (Å²) in [5.74, 6) is -1.04. The van der Waals surface area contributed by atoms with Gasteiger partial charge in [-0.25, -0.2) is 8.42 Å². The van der Waals surface area contributed by atoms with Gasteiger partial charge in [-0.05, 0) is 35.9 Å². The van der Waals surface area contributed by atoms with Gasteiger partial charge in [0.15, 0.2) is 0 Å². The normalized spacial score (nSPS) is 14.6. The van der Waals surface area contributed by atoms with Crippen LogP contribution in [0.15, 0.2) is 53.4 Å². The van der Waals surface area contributed by atoms with Gasteiger partial charge in [-0.15, -0.1) is 0 Å². The Labute approximate surface area is 174 Å². The van der Waals surface area contributed by atoms with E-state index in [1.54, 1.807) is 24.3 Å². The Morgan fingerprint density at radius 1 is 1.07 bits per heavy atom. The molecule has 3 N–H and O–H groups in total. The molecule has 0 radical (unpaired) electrons. The van der Waals surface area contributed by atoms with E-state index >= 15 is 0 Å². The van der Waals surface area contributed by atoms with Crippen molar-refractivity contribution in [1.82, 2.24) is 20.3 Å². The first-order chi connectivity index (χ1) is 14.3. The molecule has 1 aliphatic heterocycles. The van der Waals surface area contributed by atoms with Crippen LogP contribution in [0.5, 0.6) is 0 Å². The van der Waals surface area contributed by atoms with Gasteiger partial charge >= 0.3 is 0 Å². The molecule has 0 aromatic heterocycles. The number of sulfonamides is 1. The van der Waals surface area contributed by atoms with Gasteiger partial charge < -0.3 is 16.0 Å². The van der Waals surface area contributed by atoms with E-state index in [1.165, 1.54) is 31.3 Å². The molecule has 0 unspecified atom stereocenters. The Morgan fingerprint density at radius 2 is 1.77 bits per heavy atom. The number of nitrogens with zero attached hydrogens (tertiary/aromatic N) is 1. The van der Waals surface area contributed by atoms with Gasteiger partial charge in [0, 0.05) is 37.8 Å². The molecule has 1 aliphatic rings. The van der Waals surface area contributed by atoms with Gasteiger partial charge in [-0.1, -0.05) is 18.2 Å². The van der Waals surface area contributed by atoms with E-state index in [-0.39, 0.29) is 48.5 Å². The number of piperazine rings is 1. The van der Waals surface area contributed by atoms with Crippen molar-refractivity contribution in [2.75, 3.05) is 26.7 Å². The van der Waals surface area contributed by atoms with Crippen molar-refractivity contribution in [1.29, 1.82) is 0 Å². The first-order valence-electron chi connectivity index (χ1n) is 9.27. The molecule has 3 rings (SSSR count). The van der Waals surface area contributed by atoms with Crippen molar-refractivity contribution in [3.05, 3.63) is 65.2 Å². The van der Waals surface area contributed by atoms with Gasteiger partial charge in [0.05, 0.1) is 11.4 Å². The molecule has 1 heterocycles. The van der Waals surface area contributed by atoms with E-state index in [9.17, 15) is 22.8 Å². The molecule has 0 atom stereocenters. The van der Waals surface area contributed by atoms with Crippen LogP contribution in [-0.2, 0) is 21.4 Å². The number of carbonyl (C=O) groups is 3. The van der Waals surface area contributed by atoms with Crippen molar-refractivity contribution >= 4 is 27.7 Å². The minimum absolute atomic E-state index is 0.0496. The maximum absolute atomic E-state index is 12.8. The van der Waals surface area contributed by atoms with Crippen LogP contribution >= 0.6 is 0 Å².